The summed E-state index contributed by atoms with van der Waals surface area (Å²) in [6.07, 6.45) is 26.6. The van der Waals surface area contributed by atoms with Gasteiger partial charge in [-0.1, -0.05) is 175 Å². The molecule has 0 spiro atoms. The minimum Gasteiger partial charge on any atom is -0.490 e. The number of ether oxygens (including phenoxy) is 4. The first-order valence-electron chi connectivity index (χ1n) is 21.2. The second-order valence-electron chi connectivity index (χ2n) is 15.5. The van der Waals surface area contributed by atoms with Crippen LogP contribution in [-0.4, -0.2) is 49.3 Å². The van der Waals surface area contributed by atoms with Crippen LogP contribution in [0.5, 0.6) is 11.5 Å². The van der Waals surface area contributed by atoms with Crippen molar-refractivity contribution in [3.63, 3.8) is 0 Å². The van der Waals surface area contributed by atoms with Gasteiger partial charge in [-0.25, -0.2) is 0 Å². The second kappa shape index (κ2) is 31.7. The maximum Gasteiger partial charge on any atom is 0.147 e. The molecule has 0 aliphatic carbocycles. The largest absolute Gasteiger partial charge is 0.490 e. The summed E-state index contributed by atoms with van der Waals surface area (Å²) in [5.41, 5.74) is 2.01. The monoisotopic (exact) mass is 1150 g/mol. The Morgan fingerprint density at radius 3 is 1.00 bits per heavy atom. The topological polar surface area (TPSA) is 36.9 Å². The number of rotatable bonds is 34. The standard InChI is InChI=1S/C45H70Br6O4/c1-5-7-9-11-13-15-17-19-21-23-25-52-31-37(46)33-54-43-39(48)27-35(28-40(43)49)45(3,4)36-29-41(50)44(42(51)30-36)55-34-38(47)32-53-26-24-22-20-18-16-14-12-10-8-6-2/h27-30,37-38H,5-26,31-34H2,1-4H3. The highest BCUT2D eigenvalue weighted by molar-refractivity contribution is 9.11. The lowest BCUT2D eigenvalue weighted by Crippen LogP contribution is -2.21. The zero-order chi connectivity index (χ0) is 40.3. The number of benzene rings is 2. The van der Waals surface area contributed by atoms with E-state index in [1.54, 1.807) is 0 Å². The van der Waals surface area contributed by atoms with Crippen molar-refractivity contribution in [3.8, 4) is 11.5 Å². The highest BCUT2D eigenvalue weighted by Gasteiger charge is 2.28. The predicted octanol–water partition coefficient (Wildman–Crippen LogP) is 17.2. The second-order valence-corrected chi connectivity index (χ2v) is 21.5. The molecule has 316 valence electrons. The fourth-order valence-corrected chi connectivity index (χ4v) is 10.0. The lowest BCUT2D eigenvalue weighted by molar-refractivity contribution is 0.121. The number of unbranched alkanes of at least 4 members (excludes halogenated alkanes) is 18. The molecule has 10 heteroatoms. The Kier molecular flexibility index (Phi) is 29.9. The average molecular weight is 1150 g/mol. The zero-order valence-electron chi connectivity index (χ0n) is 34.2. The van der Waals surface area contributed by atoms with Crippen LogP contribution in [0.15, 0.2) is 42.2 Å². The molecule has 0 aliphatic heterocycles. The molecule has 0 saturated heterocycles. The molecule has 2 atom stereocenters. The van der Waals surface area contributed by atoms with Crippen LogP contribution >= 0.6 is 95.6 Å². The van der Waals surface area contributed by atoms with Crippen LogP contribution in [0.25, 0.3) is 0 Å². The molecule has 0 aromatic heterocycles. The Balaban J connectivity index is 1.75. The van der Waals surface area contributed by atoms with Gasteiger partial charge >= 0.3 is 0 Å². The molecule has 0 N–H and O–H groups in total. The van der Waals surface area contributed by atoms with Crippen LogP contribution < -0.4 is 9.47 Å². The lowest BCUT2D eigenvalue weighted by Gasteiger charge is -2.28. The SMILES string of the molecule is CCCCCCCCCCCCOCC(Br)COc1c(Br)cc(C(C)(C)c2cc(Br)c(OCC(Br)COCCCCCCCCCCCC)c(Br)c2)cc1Br. The molecule has 0 heterocycles. The summed E-state index contributed by atoms with van der Waals surface area (Å²) in [6, 6.07) is 8.62. The molecule has 4 nitrogen and oxygen atoms in total. The number of hydrogen-bond donors (Lipinski definition) is 0. The van der Waals surface area contributed by atoms with Crippen molar-refractivity contribution in [1.29, 1.82) is 0 Å². The molecular weight excluding hydrogens is 1080 g/mol. The van der Waals surface area contributed by atoms with E-state index in [2.05, 4.69) is 148 Å². The Hall–Kier alpha value is 0.840. The Bertz CT molecular complexity index is 1150. The van der Waals surface area contributed by atoms with E-state index in [1.807, 2.05) is 0 Å². The Morgan fingerprint density at radius 1 is 0.436 bits per heavy atom. The third kappa shape index (κ3) is 22.3. The Morgan fingerprint density at radius 2 is 0.709 bits per heavy atom. The van der Waals surface area contributed by atoms with Crippen molar-refractivity contribution in [3.05, 3.63) is 53.3 Å². The summed E-state index contributed by atoms with van der Waals surface area (Å²) in [4.78, 5) is 0.227. The lowest BCUT2D eigenvalue weighted by atomic mass is 9.78. The quantitative estimate of drug-likeness (QED) is 0.0517. The number of halogens is 6. The average Bonchev–Trinajstić information content (AvgIpc) is 3.14. The first-order valence-corrected chi connectivity index (χ1v) is 26.2. The maximum atomic E-state index is 6.26. The fourth-order valence-electron chi connectivity index (χ4n) is 6.53. The molecule has 0 saturated carbocycles. The summed E-state index contributed by atoms with van der Waals surface area (Å²) in [5.74, 6) is 1.59. The molecule has 2 rings (SSSR count). The molecule has 2 unspecified atom stereocenters. The van der Waals surface area contributed by atoms with Gasteiger partial charge in [0.1, 0.15) is 24.7 Å². The summed E-state index contributed by atoms with van der Waals surface area (Å²) < 4.78 is 28.1. The van der Waals surface area contributed by atoms with Gasteiger partial charge in [-0.15, -0.1) is 0 Å². The van der Waals surface area contributed by atoms with Gasteiger partial charge in [-0.2, -0.15) is 0 Å². The predicted molar refractivity (Wildman–Crippen MR) is 258 cm³/mol. The summed E-state index contributed by atoms with van der Waals surface area (Å²) in [7, 11) is 0. The highest BCUT2D eigenvalue weighted by Crippen LogP contribution is 2.44. The zero-order valence-corrected chi connectivity index (χ0v) is 43.8. The number of alkyl halides is 2. The van der Waals surface area contributed by atoms with Crippen molar-refractivity contribution < 1.29 is 18.9 Å². The van der Waals surface area contributed by atoms with Gasteiger partial charge in [0.25, 0.3) is 0 Å². The number of hydrogen-bond acceptors (Lipinski definition) is 4. The van der Waals surface area contributed by atoms with E-state index in [0.29, 0.717) is 26.4 Å². The van der Waals surface area contributed by atoms with Crippen molar-refractivity contribution in [2.24, 2.45) is 0 Å². The third-order valence-electron chi connectivity index (χ3n) is 10.1. The van der Waals surface area contributed by atoms with E-state index >= 15 is 0 Å². The van der Waals surface area contributed by atoms with Gasteiger partial charge in [0.15, 0.2) is 0 Å². The van der Waals surface area contributed by atoms with Crippen molar-refractivity contribution >= 4 is 95.6 Å². The molecule has 0 radical (unpaired) electrons. The summed E-state index contributed by atoms with van der Waals surface area (Å²) in [6.45, 7) is 12.9. The van der Waals surface area contributed by atoms with Gasteiger partial charge in [0, 0.05) is 18.6 Å². The van der Waals surface area contributed by atoms with Crippen LogP contribution in [-0.2, 0) is 14.9 Å². The van der Waals surface area contributed by atoms with E-state index in [-0.39, 0.29) is 15.1 Å². The van der Waals surface area contributed by atoms with Crippen LogP contribution in [0, 0.1) is 0 Å². The fraction of sp³-hybridized carbons (Fsp3) is 0.733. The van der Waals surface area contributed by atoms with Gasteiger partial charge < -0.3 is 18.9 Å². The van der Waals surface area contributed by atoms with Gasteiger partial charge in [0.05, 0.1) is 40.8 Å². The molecule has 2 aromatic carbocycles. The summed E-state index contributed by atoms with van der Waals surface area (Å²) in [5, 5.41) is 0. The van der Waals surface area contributed by atoms with Crippen LogP contribution in [0.1, 0.15) is 167 Å². The van der Waals surface area contributed by atoms with E-state index in [9.17, 15) is 0 Å². The van der Waals surface area contributed by atoms with Crippen molar-refractivity contribution in [2.45, 2.75) is 171 Å². The smallest absolute Gasteiger partial charge is 0.147 e. The maximum absolute atomic E-state index is 6.26. The molecule has 0 amide bonds. The highest BCUT2D eigenvalue weighted by atomic mass is 79.9. The molecule has 0 bridgehead atoms. The molecule has 0 fully saturated rings. The minimum absolute atomic E-state index is 0.114. The van der Waals surface area contributed by atoms with E-state index in [1.165, 1.54) is 116 Å². The first kappa shape index (κ1) is 52.0. The van der Waals surface area contributed by atoms with Crippen LogP contribution in [0.4, 0.5) is 0 Å². The van der Waals surface area contributed by atoms with Crippen molar-refractivity contribution in [2.75, 3.05) is 39.6 Å². The summed E-state index contributed by atoms with van der Waals surface area (Å²) >= 11 is 22.7. The third-order valence-corrected chi connectivity index (χ3v) is 13.6. The Labute approximate surface area is 386 Å². The van der Waals surface area contributed by atoms with E-state index in [0.717, 1.165) is 66.6 Å². The van der Waals surface area contributed by atoms with Crippen molar-refractivity contribution in [1.82, 2.24) is 0 Å². The van der Waals surface area contributed by atoms with Gasteiger partial charge in [0.2, 0.25) is 0 Å². The minimum atomic E-state index is -0.298. The normalized spacial score (nSPS) is 13.0. The van der Waals surface area contributed by atoms with Crippen LogP contribution in [0.2, 0.25) is 0 Å². The van der Waals surface area contributed by atoms with Crippen LogP contribution in [0.3, 0.4) is 0 Å². The molecular formula is C45H70Br6O4. The molecule has 55 heavy (non-hydrogen) atoms. The first-order chi connectivity index (χ1) is 26.5. The van der Waals surface area contributed by atoms with E-state index < -0.39 is 0 Å². The molecule has 2 aromatic rings. The molecule has 0 aliphatic rings. The van der Waals surface area contributed by atoms with Gasteiger partial charge in [-0.3, -0.25) is 0 Å². The van der Waals surface area contributed by atoms with Gasteiger partial charge in [-0.05, 0) is 112 Å². The van der Waals surface area contributed by atoms with E-state index in [4.69, 9.17) is 18.9 Å².